The first-order chi connectivity index (χ1) is 7.86. The number of nitrogens with zero attached hydrogens (tertiary/aromatic N) is 1. The minimum absolute atomic E-state index is 0.126. The predicted octanol–water partition coefficient (Wildman–Crippen LogP) is -1.11. The number of carboxylic acid groups (broad SMARTS) is 3. The van der Waals surface area contributed by atoms with E-state index >= 15 is 0 Å². The zero-order chi connectivity index (χ0) is 13.4. The molecule has 0 aliphatic carbocycles. The number of carbonyl (C=O) groups is 4. The Balaban J connectivity index is 4.58. The highest BCUT2D eigenvalue weighted by Gasteiger charge is 2.23. The fourth-order valence-electron chi connectivity index (χ4n) is 1.25. The van der Waals surface area contributed by atoms with Crippen LogP contribution in [0.3, 0.4) is 0 Å². The van der Waals surface area contributed by atoms with Gasteiger partial charge in [-0.3, -0.25) is 19.3 Å². The van der Waals surface area contributed by atoms with E-state index < -0.39 is 37.0 Å². The van der Waals surface area contributed by atoms with Crippen LogP contribution in [-0.2, 0) is 19.2 Å². The molecule has 8 heteroatoms. The van der Waals surface area contributed by atoms with Crippen LogP contribution in [0.1, 0.15) is 12.8 Å². The van der Waals surface area contributed by atoms with Gasteiger partial charge in [0.05, 0.1) is 19.1 Å². The Kier molecular flexibility index (Phi) is 6.49. The quantitative estimate of drug-likeness (QED) is 0.437. The topological polar surface area (TPSA) is 132 Å². The summed E-state index contributed by atoms with van der Waals surface area (Å²) in [6.07, 6.45) is -0.104. The smallest absolute Gasteiger partial charge is 0.317 e. The van der Waals surface area contributed by atoms with E-state index in [1.165, 1.54) is 0 Å². The molecule has 0 amide bonds. The Labute approximate surface area is 96.4 Å². The Hall–Kier alpha value is -1.96. The van der Waals surface area contributed by atoms with E-state index in [1.54, 1.807) is 0 Å². The van der Waals surface area contributed by atoms with Gasteiger partial charge in [-0.2, -0.15) is 0 Å². The van der Waals surface area contributed by atoms with Crippen LogP contribution in [0.5, 0.6) is 0 Å². The first-order valence-corrected chi connectivity index (χ1v) is 4.71. The van der Waals surface area contributed by atoms with Crippen molar-refractivity contribution in [1.82, 2.24) is 4.90 Å². The van der Waals surface area contributed by atoms with Crippen molar-refractivity contribution in [3.05, 3.63) is 0 Å². The van der Waals surface area contributed by atoms with Gasteiger partial charge in [0.25, 0.3) is 0 Å². The van der Waals surface area contributed by atoms with Crippen LogP contribution < -0.4 is 0 Å². The number of hydrogen-bond acceptors (Lipinski definition) is 5. The molecule has 0 fully saturated rings. The van der Waals surface area contributed by atoms with E-state index in [0.29, 0.717) is 6.29 Å². The SMILES string of the molecule is O=CC(CCC(=O)O)N(CC(=O)O)CC(=O)O. The lowest BCUT2D eigenvalue weighted by atomic mass is 10.1. The highest BCUT2D eigenvalue weighted by atomic mass is 16.4. The average molecular weight is 247 g/mol. The van der Waals surface area contributed by atoms with Crippen molar-refractivity contribution in [3.8, 4) is 0 Å². The van der Waals surface area contributed by atoms with Gasteiger partial charge in [-0.25, -0.2) is 0 Å². The van der Waals surface area contributed by atoms with Gasteiger partial charge in [-0.1, -0.05) is 0 Å². The standard InChI is InChI=1S/C9H13NO7/c11-5-6(1-2-7(12)13)10(3-8(14)15)4-9(16)17/h5-6H,1-4H2,(H,12,13)(H,14,15)(H,16,17). The van der Waals surface area contributed by atoms with E-state index in [4.69, 9.17) is 15.3 Å². The van der Waals surface area contributed by atoms with Crippen molar-refractivity contribution in [3.63, 3.8) is 0 Å². The van der Waals surface area contributed by atoms with Crippen LogP contribution in [0.15, 0.2) is 0 Å². The van der Waals surface area contributed by atoms with Gasteiger partial charge in [-0.05, 0) is 6.42 Å². The summed E-state index contributed by atoms with van der Waals surface area (Å²) in [7, 11) is 0. The number of carbonyl (C=O) groups excluding carboxylic acids is 1. The molecule has 0 rings (SSSR count). The molecule has 0 heterocycles. The fourth-order valence-corrected chi connectivity index (χ4v) is 1.25. The molecule has 0 saturated carbocycles. The minimum atomic E-state index is -1.28. The third kappa shape index (κ3) is 7.01. The molecule has 0 bridgehead atoms. The summed E-state index contributed by atoms with van der Waals surface area (Å²) >= 11 is 0. The summed E-state index contributed by atoms with van der Waals surface area (Å²) in [5.41, 5.74) is 0. The largest absolute Gasteiger partial charge is 0.481 e. The molecule has 0 aliphatic rings. The van der Waals surface area contributed by atoms with Crippen molar-refractivity contribution in [2.75, 3.05) is 13.1 Å². The number of aliphatic carboxylic acids is 3. The van der Waals surface area contributed by atoms with E-state index in [2.05, 4.69) is 0 Å². The summed E-state index contributed by atoms with van der Waals surface area (Å²) in [4.78, 5) is 42.9. The van der Waals surface area contributed by atoms with Gasteiger partial charge in [-0.15, -0.1) is 0 Å². The third-order valence-corrected chi connectivity index (χ3v) is 1.96. The van der Waals surface area contributed by atoms with E-state index in [-0.39, 0.29) is 12.8 Å². The molecule has 0 aliphatic heterocycles. The van der Waals surface area contributed by atoms with Crippen molar-refractivity contribution >= 4 is 24.2 Å². The lowest BCUT2D eigenvalue weighted by Crippen LogP contribution is -2.43. The summed E-state index contributed by atoms with van der Waals surface area (Å²) in [5, 5.41) is 25.5. The van der Waals surface area contributed by atoms with Gasteiger partial charge in [0.1, 0.15) is 6.29 Å². The minimum Gasteiger partial charge on any atom is -0.481 e. The Morgan fingerprint density at radius 2 is 1.47 bits per heavy atom. The molecule has 1 atom stereocenters. The Morgan fingerprint density at radius 3 is 1.76 bits per heavy atom. The van der Waals surface area contributed by atoms with Gasteiger partial charge in [0.2, 0.25) is 0 Å². The summed E-state index contributed by atoms with van der Waals surface area (Å²) < 4.78 is 0. The number of rotatable bonds is 9. The van der Waals surface area contributed by atoms with Gasteiger partial charge >= 0.3 is 17.9 Å². The molecular formula is C9H13NO7. The first kappa shape index (κ1) is 15.0. The summed E-state index contributed by atoms with van der Waals surface area (Å²) in [6, 6.07) is -1.03. The molecular weight excluding hydrogens is 234 g/mol. The van der Waals surface area contributed by atoms with E-state index in [9.17, 15) is 19.2 Å². The Morgan fingerprint density at radius 1 is 1.00 bits per heavy atom. The molecule has 0 aromatic carbocycles. The van der Waals surface area contributed by atoms with E-state index in [1.807, 2.05) is 0 Å². The van der Waals surface area contributed by atoms with E-state index in [0.717, 1.165) is 4.90 Å². The maximum atomic E-state index is 10.7. The predicted molar refractivity (Wildman–Crippen MR) is 53.6 cm³/mol. The molecule has 0 aromatic rings. The van der Waals surface area contributed by atoms with Crippen molar-refractivity contribution in [2.24, 2.45) is 0 Å². The number of aldehydes is 1. The molecule has 0 saturated heterocycles. The van der Waals surface area contributed by atoms with Crippen LogP contribution in [0.4, 0.5) is 0 Å². The number of hydrogen-bond donors (Lipinski definition) is 3. The molecule has 0 radical (unpaired) electrons. The Bertz CT molecular complexity index is 298. The lowest BCUT2D eigenvalue weighted by molar-refractivity contribution is -0.143. The maximum absolute atomic E-state index is 10.7. The fraction of sp³-hybridized carbons (Fsp3) is 0.556. The van der Waals surface area contributed by atoms with Crippen LogP contribution in [0.2, 0.25) is 0 Å². The van der Waals surface area contributed by atoms with Crippen LogP contribution >= 0.6 is 0 Å². The second-order valence-electron chi connectivity index (χ2n) is 3.33. The molecule has 0 spiro atoms. The van der Waals surface area contributed by atoms with Crippen LogP contribution in [0.25, 0.3) is 0 Å². The van der Waals surface area contributed by atoms with Crippen LogP contribution in [0, 0.1) is 0 Å². The second-order valence-corrected chi connectivity index (χ2v) is 3.33. The zero-order valence-corrected chi connectivity index (χ0v) is 8.90. The van der Waals surface area contributed by atoms with Crippen LogP contribution in [-0.4, -0.2) is 63.5 Å². The van der Waals surface area contributed by atoms with Gasteiger partial charge < -0.3 is 20.1 Å². The number of carboxylic acids is 3. The molecule has 3 N–H and O–H groups in total. The zero-order valence-electron chi connectivity index (χ0n) is 8.90. The highest BCUT2D eigenvalue weighted by Crippen LogP contribution is 2.05. The molecule has 96 valence electrons. The summed E-state index contributed by atoms with van der Waals surface area (Å²) in [5.74, 6) is -3.70. The molecule has 1 unspecified atom stereocenters. The third-order valence-electron chi connectivity index (χ3n) is 1.96. The van der Waals surface area contributed by atoms with Crippen molar-refractivity contribution in [2.45, 2.75) is 18.9 Å². The lowest BCUT2D eigenvalue weighted by Gasteiger charge is -2.23. The summed E-state index contributed by atoms with van der Waals surface area (Å²) in [6.45, 7) is -1.26. The molecule has 8 nitrogen and oxygen atoms in total. The van der Waals surface area contributed by atoms with Gasteiger partial charge in [0, 0.05) is 6.42 Å². The first-order valence-electron chi connectivity index (χ1n) is 4.71. The van der Waals surface area contributed by atoms with Gasteiger partial charge in [0.15, 0.2) is 0 Å². The maximum Gasteiger partial charge on any atom is 0.317 e. The normalized spacial score (nSPS) is 12.1. The molecule has 0 aromatic heterocycles. The highest BCUT2D eigenvalue weighted by molar-refractivity contribution is 5.74. The average Bonchev–Trinajstić information content (AvgIpc) is 2.15. The van der Waals surface area contributed by atoms with Crippen molar-refractivity contribution in [1.29, 1.82) is 0 Å². The van der Waals surface area contributed by atoms with Crippen molar-refractivity contribution < 1.29 is 34.5 Å². The molecule has 17 heavy (non-hydrogen) atoms. The monoisotopic (exact) mass is 247 g/mol. The second kappa shape index (κ2) is 7.34.